The first-order chi connectivity index (χ1) is 13.6. The number of benzene rings is 1. The fraction of sp³-hybridized carbons (Fsp3) is 0.364. The Balaban J connectivity index is 1.55. The van der Waals surface area contributed by atoms with Crippen molar-refractivity contribution in [3.05, 3.63) is 60.6 Å². The van der Waals surface area contributed by atoms with E-state index in [0.717, 1.165) is 42.9 Å². The van der Waals surface area contributed by atoms with Gasteiger partial charge in [0.25, 0.3) is 5.91 Å². The highest BCUT2D eigenvalue weighted by Crippen LogP contribution is 2.23. The summed E-state index contributed by atoms with van der Waals surface area (Å²) >= 11 is 0. The molecule has 146 valence electrons. The molecule has 0 saturated carbocycles. The molecular formula is C22H27N5O. The van der Waals surface area contributed by atoms with Gasteiger partial charge in [-0.1, -0.05) is 18.2 Å². The lowest BCUT2D eigenvalue weighted by molar-refractivity contribution is 0.0560. The van der Waals surface area contributed by atoms with Gasteiger partial charge >= 0.3 is 0 Å². The number of carbonyl (C=O) groups excluding carboxylic acids is 1. The van der Waals surface area contributed by atoms with Gasteiger partial charge in [-0.2, -0.15) is 5.10 Å². The largest absolute Gasteiger partial charge is 0.350 e. The summed E-state index contributed by atoms with van der Waals surface area (Å²) in [4.78, 5) is 18.6. The summed E-state index contributed by atoms with van der Waals surface area (Å²) in [6.45, 7) is 6.12. The molecule has 28 heavy (non-hydrogen) atoms. The van der Waals surface area contributed by atoms with E-state index in [1.807, 2.05) is 64.4 Å². The Kier molecular flexibility index (Phi) is 5.30. The summed E-state index contributed by atoms with van der Waals surface area (Å²) in [5.74, 6) is 0.0728. The second-order valence-corrected chi connectivity index (χ2v) is 7.58. The molecule has 0 radical (unpaired) electrons. The minimum atomic E-state index is 0.0728. The molecule has 6 nitrogen and oxygen atoms in total. The summed E-state index contributed by atoms with van der Waals surface area (Å²) in [5.41, 5.74) is 3.50. The van der Waals surface area contributed by atoms with Crippen LogP contribution in [0.1, 0.15) is 37.2 Å². The van der Waals surface area contributed by atoms with Crippen LogP contribution in [0.25, 0.3) is 16.9 Å². The predicted octanol–water partition coefficient (Wildman–Crippen LogP) is 3.47. The highest BCUT2D eigenvalue weighted by molar-refractivity contribution is 5.93. The molecule has 1 aliphatic rings. The van der Waals surface area contributed by atoms with Gasteiger partial charge in [0.15, 0.2) is 0 Å². The zero-order valence-electron chi connectivity index (χ0n) is 16.4. The number of nitrogens with zero attached hydrogens (tertiary/aromatic N) is 3. The minimum absolute atomic E-state index is 0.0728. The minimum Gasteiger partial charge on any atom is -0.350 e. The van der Waals surface area contributed by atoms with Gasteiger partial charge in [0.2, 0.25) is 0 Å². The lowest BCUT2D eigenvalue weighted by atomic mass is 10.0. The van der Waals surface area contributed by atoms with Crippen LogP contribution in [-0.2, 0) is 0 Å². The topological polar surface area (TPSA) is 66.0 Å². The van der Waals surface area contributed by atoms with Crippen molar-refractivity contribution in [2.24, 2.45) is 0 Å². The summed E-state index contributed by atoms with van der Waals surface area (Å²) in [5, 5.41) is 7.82. The third kappa shape index (κ3) is 3.73. The maximum atomic E-state index is 13.2. The number of para-hydroxylation sites is 1. The van der Waals surface area contributed by atoms with Gasteiger partial charge in [-0.15, -0.1) is 0 Å². The van der Waals surface area contributed by atoms with Gasteiger partial charge in [0.05, 0.1) is 11.9 Å². The molecule has 1 amide bonds. The van der Waals surface area contributed by atoms with Crippen LogP contribution in [0.2, 0.25) is 0 Å². The highest BCUT2D eigenvalue weighted by Gasteiger charge is 2.29. The lowest BCUT2D eigenvalue weighted by Crippen LogP contribution is -2.49. The number of aromatic amines is 1. The summed E-state index contributed by atoms with van der Waals surface area (Å²) < 4.78 is 1.84. The molecule has 0 unspecified atom stereocenters. The molecule has 1 aliphatic heterocycles. The highest BCUT2D eigenvalue weighted by atomic mass is 16.2. The summed E-state index contributed by atoms with van der Waals surface area (Å²) in [7, 11) is 0. The first-order valence-corrected chi connectivity index (χ1v) is 9.96. The monoisotopic (exact) mass is 377 g/mol. The third-order valence-electron chi connectivity index (χ3n) is 5.32. The number of nitrogens with one attached hydrogen (secondary N) is 2. The molecule has 1 fully saturated rings. The molecule has 0 spiro atoms. The SMILES string of the molecule is CC(C)N(C(=O)c1ccc(-c2cnn(-c3ccccc3)c2)[nH]1)C1CCNCC1. The van der Waals surface area contributed by atoms with Crippen molar-refractivity contribution in [1.29, 1.82) is 0 Å². The van der Waals surface area contributed by atoms with Crippen molar-refractivity contribution in [2.75, 3.05) is 13.1 Å². The Bertz CT molecular complexity index is 921. The van der Waals surface area contributed by atoms with Crippen LogP contribution < -0.4 is 5.32 Å². The number of H-pyrrole nitrogens is 1. The van der Waals surface area contributed by atoms with E-state index >= 15 is 0 Å². The number of amides is 1. The van der Waals surface area contributed by atoms with Crippen LogP contribution in [0.4, 0.5) is 0 Å². The van der Waals surface area contributed by atoms with Crippen LogP contribution in [-0.4, -0.2) is 50.7 Å². The third-order valence-corrected chi connectivity index (χ3v) is 5.32. The molecule has 2 aromatic heterocycles. The Morgan fingerprint density at radius 2 is 1.89 bits per heavy atom. The van der Waals surface area contributed by atoms with Gasteiger partial charge in [-0.05, 0) is 64.0 Å². The van der Waals surface area contributed by atoms with E-state index in [0.29, 0.717) is 11.7 Å². The van der Waals surface area contributed by atoms with Gasteiger partial charge in [0.1, 0.15) is 5.69 Å². The average molecular weight is 377 g/mol. The van der Waals surface area contributed by atoms with Crippen molar-refractivity contribution in [3.8, 4) is 16.9 Å². The van der Waals surface area contributed by atoms with Crippen LogP contribution in [0, 0.1) is 0 Å². The second kappa shape index (κ2) is 8.02. The first kappa shape index (κ1) is 18.5. The van der Waals surface area contributed by atoms with Crippen molar-refractivity contribution < 1.29 is 4.79 Å². The van der Waals surface area contributed by atoms with E-state index in [-0.39, 0.29) is 11.9 Å². The fourth-order valence-corrected chi connectivity index (χ4v) is 3.92. The van der Waals surface area contributed by atoms with Crippen LogP contribution >= 0.6 is 0 Å². The summed E-state index contributed by atoms with van der Waals surface area (Å²) in [6, 6.07) is 14.3. The Hall–Kier alpha value is -2.86. The van der Waals surface area contributed by atoms with E-state index in [4.69, 9.17) is 0 Å². The molecule has 1 saturated heterocycles. The van der Waals surface area contributed by atoms with Gasteiger partial charge < -0.3 is 15.2 Å². The molecule has 0 aliphatic carbocycles. The fourth-order valence-electron chi connectivity index (χ4n) is 3.92. The van der Waals surface area contributed by atoms with Gasteiger partial charge in [-0.3, -0.25) is 4.79 Å². The smallest absolute Gasteiger partial charge is 0.270 e. The quantitative estimate of drug-likeness (QED) is 0.715. The Morgan fingerprint density at radius 1 is 1.14 bits per heavy atom. The maximum absolute atomic E-state index is 13.2. The first-order valence-electron chi connectivity index (χ1n) is 9.96. The van der Waals surface area contributed by atoms with Crippen molar-refractivity contribution in [3.63, 3.8) is 0 Å². The number of hydrogen-bond acceptors (Lipinski definition) is 3. The number of hydrogen-bond donors (Lipinski definition) is 2. The lowest BCUT2D eigenvalue weighted by Gasteiger charge is -2.37. The second-order valence-electron chi connectivity index (χ2n) is 7.58. The molecule has 3 aromatic rings. The van der Waals surface area contributed by atoms with Crippen LogP contribution in [0.3, 0.4) is 0 Å². The molecule has 4 rings (SSSR count). The molecule has 6 heteroatoms. The Morgan fingerprint density at radius 3 is 2.61 bits per heavy atom. The molecule has 0 bridgehead atoms. The standard InChI is InChI=1S/C22H27N5O/c1-16(2)27(19-10-12-23-13-11-19)22(28)21-9-8-20(25-21)17-14-24-26(15-17)18-6-4-3-5-7-18/h3-9,14-16,19,23,25H,10-13H2,1-2H3. The van der Waals surface area contributed by atoms with Gasteiger partial charge in [-0.25, -0.2) is 4.68 Å². The zero-order valence-corrected chi connectivity index (χ0v) is 16.4. The Labute approximate surface area is 165 Å². The van der Waals surface area contributed by atoms with E-state index in [2.05, 4.69) is 29.2 Å². The predicted molar refractivity (Wildman–Crippen MR) is 111 cm³/mol. The number of piperidine rings is 1. The normalized spacial score (nSPS) is 15.1. The number of rotatable bonds is 5. The van der Waals surface area contributed by atoms with E-state index in [1.165, 1.54) is 0 Å². The van der Waals surface area contributed by atoms with Crippen molar-refractivity contribution in [1.82, 2.24) is 25.0 Å². The molecule has 1 aromatic carbocycles. The van der Waals surface area contributed by atoms with Crippen molar-refractivity contribution in [2.45, 2.75) is 38.8 Å². The van der Waals surface area contributed by atoms with Crippen LogP contribution in [0.15, 0.2) is 54.9 Å². The number of aromatic nitrogens is 3. The van der Waals surface area contributed by atoms with Gasteiger partial charge in [0, 0.05) is 29.5 Å². The van der Waals surface area contributed by atoms with E-state index in [1.54, 1.807) is 0 Å². The summed E-state index contributed by atoms with van der Waals surface area (Å²) in [6.07, 6.45) is 5.80. The molecule has 0 atom stereocenters. The molecule has 3 heterocycles. The van der Waals surface area contributed by atoms with Crippen molar-refractivity contribution >= 4 is 5.91 Å². The average Bonchev–Trinajstić information content (AvgIpc) is 3.39. The number of carbonyl (C=O) groups is 1. The van der Waals surface area contributed by atoms with E-state index < -0.39 is 0 Å². The molecule has 2 N–H and O–H groups in total. The molecular weight excluding hydrogens is 350 g/mol. The van der Waals surface area contributed by atoms with Crippen LogP contribution in [0.5, 0.6) is 0 Å². The van der Waals surface area contributed by atoms with E-state index in [9.17, 15) is 4.79 Å². The maximum Gasteiger partial charge on any atom is 0.270 e. The zero-order chi connectivity index (χ0) is 19.5.